The fraction of sp³-hybridized carbons (Fsp3) is 0.167. The van der Waals surface area contributed by atoms with E-state index in [1.165, 1.54) is 24.4 Å². The van der Waals surface area contributed by atoms with Gasteiger partial charge in [-0.1, -0.05) is 49.7 Å². The zero-order chi connectivity index (χ0) is 17.7. The topological polar surface area (TPSA) is 88.0 Å². The molecule has 0 unspecified atom stereocenters. The molecular formula is C18H18ClN3O2. The van der Waals surface area contributed by atoms with Crippen molar-refractivity contribution in [1.82, 2.24) is 0 Å². The van der Waals surface area contributed by atoms with Crippen molar-refractivity contribution in [2.45, 2.75) is 19.8 Å². The van der Waals surface area contributed by atoms with Crippen LogP contribution in [0.5, 0.6) is 5.75 Å². The smallest absolute Gasteiger partial charge is 0.214 e. The fourth-order valence-corrected chi connectivity index (χ4v) is 2.21. The number of carbonyl (C=O) groups excluding carboxylic acids is 1. The first-order valence-electron chi connectivity index (χ1n) is 7.37. The van der Waals surface area contributed by atoms with E-state index in [2.05, 4.69) is 23.9 Å². The number of hydrogen-bond donors (Lipinski definition) is 2. The molecule has 0 fully saturated rings. The first-order chi connectivity index (χ1) is 11.4. The Hall–Kier alpha value is -2.66. The van der Waals surface area contributed by atoms with E-state index in [0.717, 1.165) is 5.56 Å². The second kappa shape index (κ2) is 7.75. The van der Waals surface area contributed by atoms with Crippen molar-refractivity contribution in [3.8, 4) is 5.75 Å². The van der Waals surface area contributed by atoms with Crippen molar-refractivity contribution in [1.29, 1.82) is 0 Å². The lowest BCUT2D eigenvalue weighted by Gasteiger charge is -2.06. The van der Waals surface area contributed by atoms with Crippen LogP contribution in [0.2, 0.25) is 5.02 Å². The largest absolute Gasteiger partial charge is 0.506 e. The summed E-state index contributed by atoms with van der Waals surface area (Å²) in [5, 5.41) is 13.6. The van der Waals surface area contributed by atoms with Crippen LogP contribution < -0.4 is 5.84 Å². The summed E-state index contributed by atoms with van der Waals surface area (Å²) in [6.45, 7) is 4.15. The van der Waals surface area contributed by atoms with Gasteiger partial charge in [0, 0.05) is 10.6 Å². The Balaban J connectivity index is 2.23. The fourth-order valence-electron chi connectivity index (χ4n) is 2.05. The Morgan fingerprint density at radius 2 is 1.88 bits per heavy atom. The van der Waals surface area contributed by atoms with Crippen LogP contribution in [0.4, 0.5) is 5.69 Å². The van der Waals surface area contributed by atoms with E-state index in [-0.39, 0.29) is 22.9 Å². The van der Waals surface area contributed by atoms with Crippen molar-refractivity contribution in [2.75, 3.05) is 0 Å². The standard InChI is InChI=1S/C18H18ClN3O2/c1-11(2)12-3-5-13(6-4-12)18(24)16(22-20)10-21-15-9-14(19)7-8-17(15)23/h3-11,23H,20H2,1-2H3. The minimum atomic E-state index is -0.349. The van der Waals surface area contributed by atoms with Gasteiger partial charge in [0.05, 0.1) is 6.21 Å². The summed E-state index contributed by atoms with van der Waals surface area (Å²) in [6, 6.07) is 11.7. The Labute approximate surface area is 145 Å². The summed E-state index contributed by atoms with van der Waals surface area (Å²) in [5.41, 5.74) is 1.80. The molecule has 0 saturated carbocycles. The first-order valence-corrected chi connectivity index (χ1v) is 7.75. The van der Waals surface area contributed by atoms with Gasteiger partial charge in [-0.15, -0.1) is 0 Å². The number of hydrogen-bond acceptors (Lipinski definition) is 5. The lowest BCUT2D eigenvalue weighted by Crippen LogP contribution is -2.17. The number of aromatic hydroxyl groups is 1. The molecule has 3 N–H and O–H groups in total. The molecule has 0 saturated heterocycles. The molecule has 5 nitrogen and oxygen atoms in total. The van der Waals surface area contributed by atoms with Gasteiger partial charge in [0.15, 0.2) is 0 Å². The summed E-state index contributed by atoms with van der Waals surface area (Å²) in [7, 11) is 0. The molecule has 2 aromatic rings. The molecule has 0 aliphatic heterocycles. The molecule has 0 heterocycles. The summed E-state index contributed by atoms with van der Waals surface area (Å²) in [6.07, 6.45) is 1.21. The van der Waals surface area contributed by atoms with Crippen LogP contribution in [0.25, 0.3) is 0 Å². The molecule has 0 spiro atoms. The van der Waals surface area contributed by atoms with Crippen LogP contribution in [0.15, 0.2) is 52.6 Å². The summed E-state index contributed by atoms with van der Waals surface area (Å²) in [5.74, 6) is 5.28. The monoisotopic (exact) mass is 343 g/mol. The zero-order valence-corrected chi connectivity index (χ0v) is 14.2. The molecule has 0 atom stereocenters. The number of phenolic OH excluding ortho intramolecular Hbond substituents is 1. The number of ketones is 1. The maximum Gasteiger partial charge on any atom is 0.214 e. The number of benzene rings is 2. The van der Waals surface area contributed by atoms with Crippen LogP contribution in [0.3, 0.4) is 0 Å². The molecule has 2 rings (SSSR count). The second-order valence-electron chi connectivity index (χ2n) is 5.51. The highest BCUT2D eigenvalue weighted by Crippen LogP contribution is 2.28. The molecule has 0 aliphatic carbocycles. The van der Waals surface area contributed by atoms with Crippen LogP contribution in [0, 0.1) is 0 Å². The zero-order valence-electron chi connectivity index (χ0n) is 13.4. The average molecular weight is 344 g/mol. The average Bonchev–Trinajstić information content (AvgIpc) is 2.58. The molecule has 6 heteroatoms. The molecule has 0 bridgehead atoms. The molecule has 24 heavy (non-hydrogen) atoms. The van der Waals surface area contributed by atoms with Gasteiger partial charge in [-0.05, 0) is 29.7 Å². The van der Waals surface area contributed by atoms with Crippen LogP contribution >= 0.6 is 11.6 Å². The lowest BCUT2D eigenvalue weighted by atomic mass is 9.99. The summed E-state index contributed by atoms with van der Waals surface area (Å²) >= 11 is 5.86. The highest BCUT2D eigenvalue weighted by atomic mass is 35.5. The highest BCUT2D eigenvalue weighted by Gasteiger charge is 2.13. The van der Waals surface area contributed by atoms with Gasteiger partial charge in [-0.2, -0.15) is 5.10 Å². The van der Waals surface area contributed by atoms with Gasteiger partial charge in [0.1, 0.15) is 17.1 Å². The number of halogens is 1. The van der Waals surface area contributed by atoms with E-state index in [1.54, 1.807) is 12.1 Å². The van der Waals surface area contributed by atoms with E-state index in [4.69, 9.17) is 17.4 Å². The quantitative estimate of drug-likeness (QED) is 0.371. The molecule has 124 valence electrons. The molecule has 2 aromatic carbocycles. The van der Waals surface area contributed by atoms with Crippen molar-refractivity contribution in [2.24, 2.45) is 15.9 Å². The maximum absolute atomic E-state index is 12.4. The highest BCUT2D eigenvalue weighted by molar-refractivity contribution is 6.64. The second-order valence-corrected chi connectivity index (χ2v) is 5.95. The molecule has 0 amide bonds. The Bertz CT molecular complexity index is 796. The predicted molar refractivity (Wildman–Crippen MR) is 97.8 cm³/mol. The third kappa shape index (κ3) is 4.20. The van der Waals surface area contributed by atoms with Gasteiger partial charge < -0.3 is 10.9 Å². The van der Waals surface area contributed by atoms with Gasteiger partial charge in [-0.3, -0.25) is 9.79 Å². The van der Waals surface area contributed by atoms with E-state index in [0.29, 0.717) is 16.5 Å². The van der Waals surface area contributed by atoms with Crippen LogP contribution in [0.1, 0.15) is 35.7 Å². The Morgan fingerprint density at radius 1 is 1.21 bits per heavy atom. The van der Waals surface area contributed by atoms with Gasteiger partial charge in [0.2, 0.25) is 5.78 Å². The van der Waals surface area contributed by atoms with Gasteiger partial charge in [-0.25, -0.2) is 0 Å². The van der Waals surface area contributed by atoms with Gasteiger partial charge in [0.25, 0.3) is 0 Å². The number of rotatable bonds is 5. The van der Waals surface area contributed by atoms with Crippen LogP contribution in [-0.2, 0) is 0 Å². The van der Waals surface area contributed by atoms with Gasteiger partial charge >= 0.3 is 0 Å². The third-order valence-electron chi connectivity index (χ3n) is 3.47. The number of phenols is 1. The lowest BCUT2D eigenvalue weighted by molar-refractivity contribution is 0.106. The SMILES string of the molecule is CC(C)c1ccc(C(=O)C(C=Nc2cc(Cl)ccc2O)=NN)cc1. The molecule has 0 aromatic heterocycles. The van der Waals surface area contributed by atoms with Crippen LogP contribution in [-0.4, -0.2) is 22.8 Å². The first kappa shape index (κ1) is 17.7. The Morgan fingerprint density at radius 3 is 2.46 bits per heavy atom. The predicted octanol–water partition coefficient (Wildman–Crippen LogP) is 4.07. The molecule has 0 radical (unpaired) electrons. The minimum Gasteiger partial charge on any atom is -0.506 e. The number of carbonyl (C=O) groups is 1. The van der Waals surface area contributed by atoms with E-state index in [1.807, 2.05) is 12.1 Å². The van der Waals surface area contributed by atoms with Crippen molar-refractivity contribution in [3.05, 3.63) is 58.6 Å². The Kier molecular flexibility index (Phi) is 5.71. The van der Waals surface area contributed by atoms with Crippen molar-refractivity contribution in [3.63, 3.8) is 0 Å². The van der Waals surface area contributed by atoms with Crippen molar-refractivity contribution < 1.29 is 9.90 Å². The molecule has 0 aliphatic rings. The third-order valence-corrected chi connectivity index (χ3v) is 3.71. The van der Waals surface area contributed by atoms with E-state index >= 15 is 0 Å². The number of aliphatic imine (C=N–C) groups is 1. The number of Topliss-reactive ketones (excluding diaryl/α,β-unsaturated/α-hetero) is 1. The maximum atomic E-state index is 12.4. The van der Waals surface area contributed by atoms with Crippen molar-refractivity contribution >= 4 is 35.0 Å². The van der Waals surface area contributed by atoms with E-state index in [9.17, 15) is 9.90 Å². The minimum absolute atomic E-state index is 0.0216. The number of hydrazone groups is 1. The molecular weight excluding hydrogens is 326 g/mol. The summed E-state index contributed by atoms with van der Waals surface area (Å²) < 4.78 is 0. The normalized spacial score (nSPS) is 12.1. The number of nitrogens with two attached hydrogens (primary N) is 1. The summed E-state index contributed by atoms with van der Waals surface area (Å²) in [4.78, 5) is 16.5. The number of nitrogens with zero attached hydrogens (tertiary/aromatic N) is 2. The van der Waals surface area contributed by atoms with E-state index < -0.39 is 0 Å².